The molecule has 1 N–H and O–H groups in total. The third kappa shape index (κ3) is 3.63. The number of hydrogen-bond acceptors (Lipinski definition) is 4. The van der Waals surface area contributed by atoms with Crippen molar-refractivity contribution in [2.24, 2.45) is 5.92 Å². The highest BCUT2D eigenvalue weighted by atomic mass is 19.1. The molecule has 0 saturated heterocycles. The molecule has 2 aromatic rings. The molecule has 5 nitrogen and oxygen atoms in total. The number of benzene rings is 2. The van der Waals surface area contributed by atoms with Gasteiger partial charge in [0.25, 0.3) is 5.91 Å². The zero-order valence-corrected chi connectivity index (χ0v) is 16.0. The van der Waals surface area contributed by atoms with Crippen molar-refractivity contribution in [2.45, 2.75) is 26.3 Å². The number of carbonyl (C=O) groups excluding carboxylic acids is 2. The number of Topliss-reactive ketones (excluding diaryl/α,β-unsaturated/α-hetero) is 1. The molecule has 0 aromatic heterocycles. The van der Waals surface area contributed by atoms with Gasteiger partial charge in [0, 0.05) is 12.1 Å². The maximum Gasteiger partial charge on any atom is 0.294 e. The second kappa shape index (κ2) is 7.84. The van der Waals surface area contributed by atoms with Crippen LogP contribution < -0.4 is 9.64 Å². The highest BCUT2D eigenvalue weighted by Crippen LogP contribution is 2.42. The standard InChI is InChI=1S/C22H22FNO4/c1-13(2)10-18(25)19-20(14-6-4-9-17(11-14)28-3)24(22(27)21(19)26)16-8-5-7-15(23)12-16/h4-9,11-13,20,26H,10H2,1-3H3. The van der Waals surface area contributed by atoms with Gasteiger partial charge in [0.15, 0.2) is 11.5 Å². The number of anilines is 1. The second-order valence-corrected chi connectivity index (χ2v) is 7.12. The summed E-state index contributed by atoms with van der Waals surface area (Å²) in [7, 11) is 1.52. The number of halogens is 1. The molecule has 0 aliphatic carbocycles. The lowest BCUT2D eigenvalue weighted by atomic mass is 9.92. The van der Waals surface area contributed by atoms with E-state index in [-0.39, 0.29) is 29.4 Å². The molecular weight excluding hydrogens is 361 g/mol. The molecular formula is C22H22FNO4. The van der Waals surface area contributed by atoms with E-state index in [0.717, 1.165) is 0 Å². The summed E-state index contributed by atoms with van der Waals surface area (Å²) in [6, 6.07) is 11.6. The van der Waals surface area contributed by atoms with Crippen molar-refractivity contribution in [3.8, 4) is 5.75 Å². The molecule has 1 aliphatic heterocycles. The van der Waals surface area contributed by atoms with Gasteiger partial charge in [-0.3, -0.25) is 14.5 Å². The first-order valence-corrected chi connectivity index (χ1v) is 9.03. The fourth-order valence-electron chi connectivity index (χ4n) is 3.39. The lowest BCUT2D eigenvalue weighted by molar-refractivity contribution is -0.118. The summed E-state index contributed by atoms with van der Waals surface area (Å²) in [6.07, 6.45) is 0.185. The topological polar surface area (TPSA) is 66.8 Å². The Balaban J connectivity index is 2.17. The van der Waals surface area contributed by atoms with E-state index >= 15 is 0 Å². The first kappa shape index (κ1) is 19.6. The molecule has 0 bridgehead atoms. The molecule has 1 unspecified atom stereocenters. The van der Waals surface area contributed by atoms with Gasteiger partial charge in [0.1, 0.15) is 11.6 Å². The Morgan fingerprint density at radius 2 is 1.93 bits per heavy atom. The van der Waals surface area contributed by atoms with Gasteiger partial charge in [-0.05, 0) is 41.8 Å². The number of ketones is 1. The van der Waals surface area contributed by atoms with Crippen molar-refractivity contribution >= 4 is 17.4 Å². The minimum absolute atomic E-state index is 0.0243. The van der Waals surface area contributed by atoms with Crippen LogP contribution >= 0.6 is 0 Å². The molecule has 1 amide bonds. The average molecular weight is 383 g/mol. The third-order valence-electron chi connectivity index (χ3n) is 4.60. The lowest BCUT2D eigenvalue weighted by Gasteiger charge is -2.27. The third-order valence-corrected chi connectivity index (χ3v) is 4.60. The molecule has 0 radical (unpaired) electrons. The van der Waals surface area contributed by atoms with Crippen molar-refractivity contribution < 1.29 is 23.8 Å². The van der Waals surface area contributed by atoms with Gasteiger partial charge in [-0.25, -0.2) is 4.39 Å². The van der Waals surface area contributed by atoms with Crippen molar-refractivity contribution in [1.82, 2.24) is 0 Å². The van der Waals surface area contributed by atoms with E-state index in [0.29, 0.717) is 11.3 Å². The van der Waals surface area contributed by atoms with Crippen molar-refractivity contribution in [1.29, 1.82) is 0 Å². The predicted molar refractivity (Wildman–Crippen MR) is 104 cm³/mol. The minimum atomic E-state index is -0.865. The molecule has 6 heteroatoms. The average Bonchev–Trinajstić information content (AvgIpc) is 2.92. The Morgan fingerprint density at radius 1 is 1.21 bits per heavy atom. The van der Waals surface area contributed by atoms with Crippen LogP contribution in [-0.2, 0) is 9.59 Å². The van der Waals surface area contributed by atoms with Crippen molar-refractivity contribution in [3.63, 3.8) is 0 Å². The summed E-state index contributed by atoms with van der Waals surface area (Å²) in [5, 5.41) is 10.5. The van der Waals surface area contributed by atoms with Crippen LogP contribution in [0.25, 0.3) is 0 Å². The molecule has 146 valence electrons. The van der Waals surface area contributed by atoms with Gasteiger partial charge in [0.2, 0.25) is 0 Å². The number of rotatable bonds is 6. The monoisotopic (exact) mass is 383 g/mol. The van der Waals surface area contributed by atoms with Crippen molar-refractivity contribution in [3.05, 3.63) is 71.2 Å². The Labute approximate surface area is 163 Å². The molecule has 1 atom stereocenters. The van der Waals surface area contributed by atoms with Crippen LogP contribution in [0.5, 0.6) is 5.75 Å². The van der Waals surface area contributed by atoms with Crippen LogP contribution in [0, 0.1) is 11.7 Å². The van der Waals surface area contributed by atoms with Crippen LogP contribution in [0.15, 0.2) is 59.9 Å². The maximum absolute atomic E-state index is 13.8. The zero-order valence-electron chi connectivity index (χ0n) is 16.0. The molecule has 0 spiro atoms. The number of nitrogens with zero attached hydrogens (tertiary/aromatic N) is 1. The molecule has 3 rings (SSSR count). The Bertz CT molecular complexity index is 951. The Hall–Kier alpha value is -3.15. The highest BCUT2D eigenvalue weighted by molar-refractivity contribution is 6.16. The van der Waals surface area contributed by atoms with Crippen LogP contribution in [0.2, 0.25) is 0 Å². The number of hydrogen-bond donors (Lipinski definition) is 1. The summed E-state index contributed by atoms with van der Waals surface area (Å²) in [5.41, 5.74) is 0.876. The predicted octanol–water partition coefficient (Wildman–Crippen LogP) is 4.35. The number of methoxy groups -OCH3 is 1. The molecule has 2 aromatic carbocycles. The van der Waals surface area contributed by atoms with Gasteiger partial charge in [-0.2, -0.15) is 0 Å². The minimum Gasteiger partial charge on any atom is -0.503 e. The largest absolute Gasteiger partial charge is 0.503 e. The first-order chi connectivity index (χ1) is 13.3. The van der Waals surface area contributed by atoms with E-state index < -0.39 is 23.5 Å². The van der Waals surface area contributed by atoms with Crippen LogP contribution in [0.4, 0.5) is 10.1 Å². The summed E-state index contributed by atoms with van der Waals surface area (Å²) < 4.78 is 19.1. The van der Waals surface area contributed by atoms with Gasteiger partial charge < -0.3 is 9.84 Å². The van der Waals surface area contributed by atoms with E-state index in [1.807, 2.05) is 13.8 Å². The van der Waals surface area contributed by atoms with Gasteiger partial charge >= 0.3 is 0 Å². The molecule has 1 heterocycles. The van der Waals surface area contributed by atoms with Crippen LogP contribution in [0.3, 0.4) is 0 Å². The first-order valence-electron chi connectivity index (χ1n) is 9.03. The second-order valence-electron chi connectivity index (χ2n) is 7.12. The van der Waals surface area contributed by atoms with E-state index in [4.69, 9.17) is 4.74 Å². The lowest BCUT2D eigenvalue weighted by Crippen LogP contribution is -2.31. The number of aliphatic hydroxyl groups excluding tert-OH is 1. The summed E-state index contributed by atoms with van der Waals surface area (Å²) in [6.45, 7) is 3.77. The van der Waals surface area contributed by atoms with Gasteiger partial charge in [-0.15, -0.1) is 0 Å². The van der Waals surface area contributed by atoms with E-state index in [1.54, 1.807) is 30.3 Å². The SMILES string of the molecule is COc1cccc(C2C(C(=O)CC(C)C)=C(O)C(=O)N2c2cccc(F)c2)c1. The fourth-order valence-corrected chi connectivity index (χ4v) is 3.39. The number of carbonyl (C=O) groups is 2. The molecule has 0 fully saturated rings. The fraction of sp³-hybridized carbons (Fsp3) is 0.273. The molecule has 0 saturated carbocycles. The Kier molecular flexibility index (Phi) is 5.49. The van der Waals surface area contributed by atoms with E-state index in [1.165, 1.54) is 30.2 Å². The quantitative estimate of drug-likeness (QED) is 0.805. The normalized spacial score (nSPS) is 16.8. The van der Waals surface area contributed by atoms with Crippen LogP contribution in [0.1, 0.15) is 31.9 Å². The van der Waals surface area contributed by atoms with E-state index in [2.05, 4.69) is 0 Å². The zero-order chi connectivity index (χ0) is 20.4. The summed E-state index contributed by atoms with van der Waals surface area (Å²) in [5.74, 6) is -1.56. The summed E-state index contributed by atoms with van der Waals surface area (Å²) in [4.78, 5) is 27.0. The van der Waals surface area contributed by atoms with E-state index in [9.17, 15) is 19.1 Å². The maximum atomic E-state index is 13.8. The number of ether oxygens (including phenoxy) is 1. The summed E-state index contributed by atoms with van der Waals surface area (Å²) >= 11 is 0. The smallest absolute Gasteiger partial charge is 0.294 e. The highest BCUT2D eigenvalue weighted by Gasteiger charge is 2.44. The van der Waals surface area contributed by atoms with Gasteiger partial charge in [0.05, 0.1) is 18.7 Å². The molecule has 1 aliphatic rings. The molecule has 28 heavy (non-hydrogen) atoms. The Morgan fingerprint density at radius 3 is 2.57 bits per heavy atom. The number of amides is 1. The van der Waals surface area contributed by atoms with Gasteiger partial charge in [-0.1, -0.05) is 32.0 Å². The van der Waals surface area contributed by atoms with Crippen LogP contribution in [-0.4, -0.2) is 23.9 Å². The van der Waals surface area contributed by atoms with Crippen molar-refractivity contribution in [2.75, 3.05) is 12.0 Å². The number of aliphatic hydroxyl groups is 1.